The van der Waals surface area contributed by atoms with Gasteiger partial charge in [0.05, 0.1) is 6.10 Å². The van der Waals surface area contributed by atoms with Crippen LogP contribution in [-0.4, -0.2) is 75.8 Å². The molecular weight excluding hydrogens is 446 g/mol. The number of hydrogen-bond acceptors (Lipinski definition) is 8. The van der Waals surface area contributed by atoms with E-state index in [2.05, 4.69) is 16.0 Å². The molecule has 0 radical (unpaired) electrons. The minimum Gasteiger partial charge on any atom is -0.508 e. The molecule has 12 heteroatoms. The molecule has 190 valence electrons. The number of nitrogens with one attached hydrogen (secondary N) is 3. The van der Waals surface area contributed by atoms with Gasteiger partial charge in [-0.2, -0.15) is 0 Å². The van der Waals surface area contributed by atoms with Gasteiger partial charge in [-0.25, -0.2) is 4.79 Å². The van der Waals surface area contributed by atoms with Gasteiger partial charge in [0.1, 0.15) is 29.9 Å². The van der Waals surface area contributed by atoms with Crippen molar-refractivity contribution in [3.8, 4) is 5.75 Å². The number of hydrogen-bond donors (Lipinski definition) is 8. The van der Waals surface area contributed by atoms with E-state index in [4.69, 9.17) is 11.5 Å². The van der Waals surface area contributed by atoms with Gasteiger partial charge in [0.25, 0.3) is 0 Å². The fraction of sp³-hybridized carbons (Fsp3) is 0.545. The van der Waals surface area contributed by atoms with Crippen LogP contribution in [0.2, 0.25) is 0 Å². The van der Waals surface area contributed by atoms with Crippen molar-refractivity contribution in [2.24, 2.45) is 11.5 Å². The molecule has 0 saturated heterocycles. The Morgan fingerprint density at radius 2 is 1.50 bits per heavy atom. The van der Waals surface area contributed by atoms with Crippen molar-refractivity contribution in [1.82, 2.24) is 16.0 Å². The molecule has 12 nitrogen and oxygen atoms in total. The normalized spacial score (nSPS) is 15.3. The molecule has 1 aromatic carbocycles. The lowest BCUT2D eigenvalue weighted by Gasteiger charge is -2.24. The summed E-state index contributed by atoms with van der Waals surface area (Å²) >= 11 is 0. The number of aliphatic hydroxyl groups excluding tert-OH is 1. The van der Waals surface area contributed by atoms with E-state index in [1.807, 2.05) is 0 Å². The summed E-state index contributed by atoms with van der Waals surface area (Å²) in [5, 5.41) is 35.6. The number of rotatable bonds is 14. The predicted molar refractivity (Wildman–Crippen MR) is 123 cm³/mol. The van der Waals surface area contributed by atoms with E-state index in [0.717, 1.165) is 0 Å². The molecule has 5 unspecified atom stereocenters. The number of nitrogens with two attached hydrogens (primary N) is 2. The summed E-state index contributed by atoms with van der Waals surface area (Å²) in [5.41, 5.74) is 11.7. The summed E-state index contributed by atoms with van der Waals surface area (Å²) in [4.78, 5) is 49.1. The van der Waals surface area contributed by atoms with Crippen LogP contribution in [0.1, 0.15) is 38.7 Å². The Kier molecular flexibility index (Phi) is 12.0. The van der Waals surface area contributed by atoms with E-state index in [1.54, 1.807) is 0 Å². The number of aliphatic hydroxyl groups is 1. The zero-order chi connectivity index (χ0) is 25.8. The maximum absolute atomic E-state index is 12.7. The van der Waals surface area contributed by atoms with Crippen molar-refractivity contribution in [3.63, 3.8) is 0 Å². The van der Waals surface area contributed by atoms with Gasteiger partial charge in [-0.15, -0.1) is 0 Å². The number of phenolic OH excluding ortho intramolecular Hbond substituents is 1. The fourth-order valence-corrected chi connectivity index (χ4v) is 2.99. The molecule has 0 heterocycles. The summed E-state index contributed by atoms with van der Waals surface area (Å²) in [6, 6.07) is 1.26. The Hall–Kier alpha value is -3.22. The zero-order valence-corrected chi connectivity index (χ0v) is 19.4. The Morgan fingerprint density at radius 3 is 2.03 bits per heavy atom. The lowest BCUT2D eigenvalue weighted by molar-refractivity contribution is -0.142. The lowest BCUT2D eigenvalue weighted by Crippen LogP contribution is -2.57. The maximum Gasteiger partial charge on any atom is 0.326 e. The molecule has 0 aliphatic heterocycles. The highest BCUT2D eigenvalue weighted by atomic mass is 16.4. The molecule has 10 N–H and O–H groups in total. The van der Waals surface area contributed by atoms with E-state index in [0.29, 0.717) is 24.9 Å². The lowest BCUT2D eigenvalue weighted by atomic mass is 10.0. The van der Waals surface area contributed by atoms with Gasteiger partial charge in [0, 0.05) is 6.42 Å². The van der Waals surface area contributed by atoms with Crippen molar-refractivity contribution in [2.75, 3.05) is 6.54 Å². The summed E-state index contributed by atoms with van der Waals surface area (Å²) in [6.07, 6.45) is 0.201. The average molecular weight is 482 g/mol. The Morgan fingerprint density at radius 1 is 0.912 bits per heavy atom. The number of aromatic hydroxyl groups is 1. The van der Waals surface area contributed by atoms with Crippen LogP contribution >= 0.6 is 0 Å². The number of carbonyl (C=O) groups is 4. The Labute approximate surface area is 198 Å². The van der Waals surface area contributed by atoms with Crippen molar-refractivity contribution < 1.29 is 34.5 Å². The zero-order valence-electron chi connectivity index (χ0n) is 19.4. The van der Waals surface area contributed by atoms with Crippen LogP contribution in [0, 0.1) is 0 Å². The Bertz CT molecular complexity index is 831. The number of carboxylic acids is 1. The minimum absolute atomic E-state index is 0.0264. The highest BCUT2D eigenvalue weighted by molar-refractivity contribution is 5.94. The minimum atomic E-state index is -1.26. The highest BCUT2D eigenvalue weighted by Gasteiger charge is 2.29. The van der Waals surface area contributed by atoms with E-state index in [-0.39, 0.29) is 18.6 Å². The average Bonchev–Trinajstić information content (AvgIpc) is 2.78. The molecule has 5 atom stereocenters. The third-order valence-electron chi connectivity index (χ3n) is 5.15. The van der Waals surface area contributed by atoms with Crippen LogP contribution < -0.4 is 27.4 Å². The predicted octanol–water partition coefficient (Wildman–Crippen LogP) is -1.67. The molecule has 0 aliphatic rings. The van der Waals surface area contributed by atoms with Crippen LogP contribution in [0.15, 0.2) is 24.3 Å². The molecule has 0 bridgehead atoms. The van der Waals surface area contributed by atoms with Gasteiger partial charge in [-0.05, 0) is 57.4 Å². The second kappa shape index (κ2) is 14.1. The first-order chi connectivity index (χ1) is 16.0. The topological polar surface area (TPSA) is 217 Å². The van der Waals surface area contributed by atoms with E-state index in [1.165, 1.54) is 38.1 Å². The van der Waals surface area contributed by atoms with Crippen LogP contribution in [0.3, 0.4) is 0 Å². The Balaban J connectivity index is 2.79. The number of carboxylic acid groups (broad SMARTS) is 1. The summed E-state index contributed by atoms with van der Waals surface area (Å²) in [5.74, 6) is -3.35. The van der Waals surface area contributed by atoms with Crippen LogP contribution in [0.4, 0.5) is 0 Å². The number of aliphatic carboxylic acids is 1. The quantitative estimate of drug-likeness (QED) is 0.142. The molecule has 0 saturated carbocycles. The van der Waals surface area contributed by atoms with Gasteiger partial charge in [-0.3, -0.25) is 14.4 Å². The molecule has 0 fully saturated rings. The monoisotopic (exact) mass is 481 g/mol. The first-order valence-corrected chi connectivity index (χ1v) is 11.0. The van der Waals surface area contributed by atoms with Gasteiger partial charge in [0.15, 0.2) is 0 Å². The van der Waals surface area contributed by atoms with Crippen molar-refractivity contribution in [3.05, 3.63) is 29.8 Å². The smallest absolute Gasteiger partial charge is 0.326 e. The molecule has 1 rings (SSSR count). The van der Waals surface area contributed by atoms with Gasteiger partial charge >= 0.3 is 5.97 Å². The first-order valence-electron chi connectivity index (χ1n) is 11.0. The number of phenols is 1. The van der Waals surface area contributed by atoms with Gasteiger partial charge < -0.3 is 42.7 Å². The standard InChI is InChI=1S/C22H35N5O7/c1-12(19(30)27-17(22(33)34)11-14-6-8-15(29)9-7-14)25-20(31)16(5-3-4-10-23)26-21(32)18(24)13(2)28/h6-9,12-13,16-18,28-29H,3-5,10-11,23-24H2,1-2H3,(H,25,31)(H,26,32)(H,27,30)(H,33,34). The van der Waals surface area contributed by atoms with Crippen LogP contribution in [0.5, 0.6) is 5.75 Å². The van der Waals surface area contributed by atoms with Crippen molar-refractivity contribution in [1.29, 1.82) is 0 Å². The summed E-state index contributed by atoms with van der Waals surface area (Å²) in [6.45, 7) is 3.12. The number of benzene rings is 1. The number of amides is 3. The second-order valence-electron chi connectivity index (χ2n) is 8.11. The highest BCUT2D eigenvalue weighted by Crippen LogP contribution is 2.11. The van der Waals surface area contributed by atoms with Crippen LogP contribution in [0.25, 0.3) is 0 Å². The van der Waals surface area contributed by atoms with Crippen LogP contribution in [-0.2, 0) is 25.6 Å². The molecule has 3 amide bonds. The first kappa shape index (κ1) is 28.8. The largest absolute Gasteiger partial charge is 0.508 e. The second-order valence-corrected chi connectivity index (χ2v) is 8.11. The number of carbonyl (C=O) groups excluding carboxylic acids is 3. The van der Waals surface area contributed by atoms with E-state index in [9.17, 15) is 34.5 Å². The molecule has 0 spiro atoms. The number of unbranched alkanes of at least 4 members (excludes halogenated alkanes) is 1. The molecule has 1 aromatic rings. The maximum atomic E-state index is 12.7. The molecule has 0 aromatic heterocycles. The summed E-state index contributed by atoms with van der Waals surface area (Å²) < 4.78 is 0. The third-order valence-corrected chi connectivity index (χ3v) is 5.15. The van der Waals surface area contributed by atoms with Crippen molar-refractivity contribution in [2.45, 2.75) is 69.8 Å². The van der Waals surface area contributed by atoms with Gasteiger partial charge in [0.2, 0.25) is 17.7 Å². The van der Waals surface area contributed by atoms with E-state index >= 15 is 0 Å². The van der Waals surface area contributed by atoms with Crippen molar-refractivity contribution >= 4 is 23.7 Å². The summed E-state index contributed by atoms with van der Waals surface area (Å²) in [7, 11) is 0. The molecule has 0 aliphatic carbocycles. The third kappa shape index (κ3) is 9.73. The SMILES string of the molecule is CC(NC(=O)C(CCCCN)NC(=O)C(N)C(C)O)C(=O)NC(Cc1ccc(O)cc1)C(=O)O. The fourth-order valence-electron chi connectivity index (χ4n) is 2.99. The van der Waals surface area contributed by atoms with E-state index < -0.39 is 54.0 Å². The molecule has 34 heavy (non-hydrogen) atoms. The molecular formula is C22H35N5O7. The van der Waals surface area contributed by atoms with Gasteiger partial charge in [-0.1, -0.05) is 12.1 Å².